The van der Waals surface area contributed by atoms with Crippen LogP contribution in [0.25, 0.3) is 10.9 Å². The number of halogens is 1. The predicted molar refractivity (Wildman–Crippen MR) is 100 cm³/mol. The molecule has 26 heavy (non-hydrogen) atoms. The van der Waals surface area contributed by atoms with E-state index in [2.05, 4.69) is 21.2 Å². The minimum absolute atomic E-state index is 0.126. The summed E-state index contributed by atoms with van der Waals surface area (Å²) in [4.78, 5) is 25.6. The third-order valence-corrected chi connectivity index (χ3v) is 5.17. The van der Waals surface area contributed by atoms with Crippen LogP contribution in [0, 0.1) is 0 Å². The van der Waals surface area contributed by atoms with Gasteiger partial charge in [-0.25, -0.2) is 0 Å². The van der Waals surface area contributed by atoms with Crippen LogP contribution in [0.3, 0.4) is 0 Å². The van der Waals surface area contributed by atoms with E-state index in [-0.39, 0.29) is 17.8 Å². The number of aromatic nitrogens is 1. The van der Waals surface area contributed by atoms with Crippen molar-refractivity contribution in [2.24, 2.45) is 0 Å². The van der Waals surface area contributed by atoms with Crippen LogP contribution in [0.4, 0.5) is 5.69 Å². The molecule has 6 nitrogen and oxygen atoms in total. The average Bonchev–Trinajstić information content (AvgIpc) is 3.24. The molecule has 2 aliphatic heterocycles. The number of nitrogens with zero attached hydrogens (tertiary/aromatic N) is 1. The fourth-order valence-electron chi connectivity index (χ4n) is 3.53. The van der Waals surface area contributed by atoms with Crippen LogP contribution in [0.2, 0.25) is 0 Å². The van der Waals surface area contributed by atoms with Crippen LogP contribution in [0.5, 0.6) is 11.5 Å². The van der Waals surface area contributed by atoms with Crippen LogP contribution < -0.4 is 20.2 Å². The SMILES string of the molecule is O=C(Nc1ccc2c(c1)OCO2)c1cn2c3c(cc(Br)cc3c1=O)CC2. The van der Waals surface area contributed by atoms with Crippen LogP contribution in [-0.2, 0) is 13.0 Å². The standard InChI is InChI=1S/C19H13BrN2O4/c20-11-5-10-3-4-22-8-14(18(23)13(6-11)17(10)22)19(24)21-12-1-2-15-16(7-12)26-9-25-15/h1-2,5-8H,3-4,9H2,(H,21,24). The highest BCUT2D eigenvalue weighted by Gasteiger charge is 2.22. The molecule has 1 amide bonds. The number of anilines is 1. The van der Waals surface area contributed by atoms with Crippen LogP contribution in [-0.4, -0.2) is 17.3 Å². The van der Waals surface area contributed by atoms with Crippen LogP contribution >= 0.6 is 15.9 Å². The molecule has 0 spiro atoms. The quantitative estimate of drug-likeness (QED) is 0.700. The van der Waals surface area contributed by atoms with Gasteiger partial charge in [0.1, 0.15) is 5.56 Å². The lowest BCUT2D eigenvalue weighted by Crippen LogP contribution is -2.23. The highest BCUT2D eigenvalue weighted by molar-refractivity contribution is 9.10. The molecule has 0 saturated heterocycles. The van der Waals surface area contributed by atoms with Crippen molar-refractivity contribution in [2.75, 3.05) is 12.1 Å². The zero-order chi connectivity index (χ0) is 17.8. The molecule has 0 saturated carbocycles. The Balaban J connectivity index is 1.56. The Hall–Kier alpha value is -2.80. The zero-order valence-electron chi connectivity index (χ0n) is 13.5. The molecular weight excluding hydrogens is 400 g/mol. The van der Waals surface area contributed by atoms with E-state index in [1.54, 1.807) is 30.5 Å². The van der Waals surface area contributed by atoms with Gasteiger partial charge in [-0.15, -0.1) is 0 Å². The summed E-state index contributed by atoms with van der Waals surface area (Å²) in [5.41, 5.74) is 2.45. The van der Waals surface area contributed by atoms with Gasteiger partial charge in [-0.1, -0.05) is 15.9 Å². The van der Waals surface area contributed by atoms with E-state index >= 15 is 0 Å². The van der Waals surface area contributed by atoms with Crippen molar-refractivity contribution in [3.63, 3.8) is 0 Å². The first-order valence-corrected chi connectivity index (χ1v) is 8.96. The first kappa shape index (κ1) is 15.5. The van der Waals surface area contributed by atoms with Crippen LogP contribution in [0.1, 0.15) is 15.9 Å². The van der Waals surface area contributed by atoms with Crippen molar-refractivity contribution < 1.29 is 14.3 Å². The summed E-state index contributed by atoms with van der Waals surface area (Å²) in [6.45, 7) is 0.923. The highest BCUT2D eigenvalue weighted by Crippen LogP contribution is 2.34. The summed E-state index contributed by atoms with van der Waals surface area (Å²) in [5, 5.41) is 3.34. The summed E-state index contributed by atoms with van der Waals surface area (Å²) in [6.07, 6.45) is 2.50. The van der Waals surface area contributed by atoms with Crippen molar-refractivity contribution in [1.82, 2.24) is 4.57 Å². The minimum Gasteiger partial charge on any atom is -0.454 e. The molecule has 1 N–H and O–H groups in total. The first-order chi connectivity index (χ1) is 12.6. The molecule has 0 radical (unpaired) electrons. The number of ether oxygens (including phenoxy) is 2. The van der Waals surface area contributed by atoms with Crippen molar-refractivity contribution in [3.05, 3.63) is 62.4 Å². The number of hydrogen-bond donors (Lipinski definition) is 1. The van der Waals surface area contributed by atoms with Gasteiger partial charge >= 0.3 is 0 Å². The van der Waals surface area contributed by atoms with Gasteiger partial charge in [0.15, 0.2) is 11.5 Å². The molecule has 5 rings (SSSR count). The van der Waals surface area contributed by atoms with E-state index in [0.717, 1.165) is 28.5 Å². The van der Waals surface area contributed by atoms with Crippen molar-refractivity contribution in [1.29, 1.82) is 0 Å². The molecule has 130 valence electrons. The fraction of sp³-hybridized carbons (Fsp3) is 0.158. The number of carbonyl (C=O) groups excluding carboxylic acids is 1. The maximum absolute atomic E-state index is 12.9. The summed E-state index contributed by atoms with van der Waals surface area (Å²) in [5.74, 6) is 0.775. The second-order valence-electron chi connectivity index (χ2n) is 6.30. The number of nitrogens with one attached hydrogen (secondary N) is 1. The number of fused-ring (bicyclic) bond motifs is 1. The van der Waals surface area contributed by atoms with E-state index in [1.807, 2.05) is 10.6 Å². The number of aryl methyl sites for hydroxylation is 2. The lowest BCUT2D eigenvalue weighted by atomic mass is 10.1. The molecule has 0 bridgehead atoms. The minimum atomic E-state index is -0.437. The van der Waals surface area contributed by atoms with Gasteiger partial charge in [-0.05, 0) is 36.2 Å². The van der Waals surface area contributed by atoms with E-state index in [4.69, 9.17) is 9.47 Å². The summed E-state index contributed by atoms with van der Waals surface area (Å²) >= 11 is 3.45. The van der Waals surface area contributed by atoms with Gasteiger partial charge in [0.2, 0.25) is 12.2 Å². The molecule has 3 heterocycles. The average molecular weight is 413 g/mol. The summed E-state index contributed by atoms with van der Waals surface area (Å²) < 4.78 is 13.4. The molecule has 3 aromatic rings. The van der Waals surface area contributed by atoms with Crippen molar-refractivity contribution >= 4 is 38.4 Å². The second-order valence-corrected chi connectivity index (χ2v) is 7.21. The van der Waals surface area contributed by atoms with E-state index in [0.29, 0.717) is 22.6 Å². The number of rotatable bonds is 2. The van der Waals surface area contributed by atoms with Gasteiger partial charge in [0.05, 0.1) is 5.52 Å². The number of pyridine rings is 1. The third-order valence-electron chi connectivity index (χ3n) is 4.71. The lowest BCUT2D eigenvalue weighted by Gasteiger charge is -2.10. The number of benzene rings is 2. The fourth-order valence-corrected chi connectivity index (χ4v) is 4.04. The maximum Gasteiger partial charge on any atom is 0.261 e. The van der Waals surface area contributed by atoms with E-state index in [1.165, 1.54) is 0 Å². The molecule has 0 fully saturated rings. The molecule has 1 aromatic heterocycles. The largest absolute Gasteiger partial charge is 0.454 e. The third kappa shape index (κ3) is 2.31. The Morgan fingerprint density at radius 1 is 1.15 bits per heavy atom. The van der Waals surface area contributed by atoms with Crippen molar-refractivity contribution in [3.8, 4) is 11.5 Å². The highest BCUT2D eigenvalue weighted by atomic mass is 79.9. The first-order valence-electron chi connectivity index (χ1n) is 8.17. The Morgan fingerprint density at radius 2 is 2.00 bits per heavy atom. The molecule has 2 aromatic carbocycles. The maximum atomic E-state index is 12.9. The van der Waals surface area contributed by atoms with Gasteiger partial charge in [0.25, 0.3) is 5.91 Å². The van der Waals surface area contributed by atoms with Gasteiger partial charge in [0, 0.05) is 34.4 Å². The molecule has 0 unspecified atom stereocenters. The Labute approximate surface area is 156 Å². The zero-order valence-corrected chi connectivity index (χ0v) is 15.1. The topological polar surface area (TPSA) is 69.6 Å². The Bertz CT molecular complexity index is 1150. The number of carbonyl (C=O) groups is 1. The normalized spacial score (nSPS) is 14.0. The summed E-state index contributed by atoms with van der Waals surface area (Å²) in [7, 11) is 0. The second kappa shape index (κ2) is 5.60. The van der Waals surface area contributed by atoms with Crippen molar-refractivity contribution in [2.45, 2.75) is 13.0 Å². The molecule has 0 aliphatic carbocycles. The monoisotopic (exact) mass is 412 g/mol. The molecular formula is C19H13BrN2O4. The van der Waals surface area contributed by atoms with E-state index in [9.17, 15) is 9.59 Å². The smallest absolute Gasteiger partial charge is 0.261 e. The lowest BCUT2D eigenvalue weighted by molar-refractivity contribution is 0.102. The van der Waals surface area contributed by atoms with Crippen LogP contribution in [0.15, 0.2) is 45.8 Å². The van der Waals surface area contributed by atoms with E-state index < -0.39 is 5.91 Å². The molecule has 2 aliphatic rings. The number of hydrogen-bond acceptors (Lipinski definition) is 4. The molecule has 0 atom stereocenters. The Morgan fingerprint density at radius 3 is 2.88 bits per heavy atom. The number of amides is 1. The van der Waals surface area contributed by atoms with Gasteiger partial charge in [-0.3, -0.25) is 9.59 Å². The predicted octanol–water partition coefficient (Wildman–Crippen LogP) is 3.30. The summed E-state index contributed by atoms with van der Waals surface area (Å²) in [6, 6.07) is 8.94. The Kier molecular flexibility index (Phi) is 3.33. The molecule has 7 heteroatoms. The van der Waals surface area contributed by atoms with Gasteiger partial charge < -0.3 is 19.4 Å². The van der Waals surface area contributed by atoms with Gasteiger partial charge in [-0.2, -0.15) is 0 Å².